The van der Waals surface area contributed by atoms with E-state index < -0.39 is 0 Å². The molecule has 1 heterocycles. The molecule has 0 unspecified atom stereocenters. The van der Waals surface area contributed by atoms with Crippen molar-refractivity contribution in [2.45, 2.75) is 6.54 Å². The molecule has 84 valence electrons. The number of hydrogen-bond donors (Lipinski definition) is 0. The molecule has 0 saturated heterocycles. The van der Waals surface area contributed by atoms with Crippen LogP contribution in [0.2, 0.25) is 0 Å². The van der Waals surface area contributed by atoms with Crippen LogP contribution in [-0.4, -0.2) is 36.0 Å². The Morgan fingerprint density at radius 2 is 2.27 bits per heavy atom. The van der Waals surface area contributed by atoms with Crippen molar-refractivity contribution < 1.29 is 9.47 Å². The van der Waals surface area contributed by atoms with Gasteiger partial charge in [-0.1, -0.05) is 0 Å². The molecule has 0 N–H and O–H groups in total. The second-order valence-corrected chi connectivity index (χ2v) is 3.12. The van der Waals surface area contributed by atoms with E-state index in [0.29, 0.717) is 31.5 Å². The summed E-state index contributed by atoms with van der Waals surface area (Å²) in [5.74, 6) is 0.854. The van der Waals surface area contributed by atoms with E-state index in [4.69, 9.17) is 21.1 Å². The van der Waals surface area contributed by atoms with Crippen molar-refractivity contribution in [2.24, 2.45) is 0 Å². The van der Waals surface area contributed by atoms with Gasteiger partial charge in [0, 0.05) is 18.0 Å². The van der Waals surface area contributed by atoms with Crippen molar-refractivity contribution in [2.75, 3.05) is 26.2 Å². The van der Waals surface area contributed by atoms with Crippen LogP contribution in [-0.2, 0) is 11.3 Å². The summed E-state index contributed by atoms with van der Waals surface area (Å²) in [5.41, 5.74) is -0.176. The Kier molecular flexibility index (Phi) is 5.14. The molecule has 1 aromatic rings. The molecule has 0 aromatic carbocycles. The summed E-state index contributed by atoms with van der Waals surface area (Å²) in [5, 5.41) is 3.96. The van der Waals surface area contributed by atoms with Gasteiger partial charge in [-0.15, -0.1) is 16.7 Å². The molecule has 0 radical (unpaired) electrons. The highest BCUT2D eigenvalue weighted by atomic mass is 35.5. The molecule has 15 heavy (non-hydrogen) atoms. The van der Waals surface area contributed by atoms with Gasteiger partial charge in [-0.2, -0.15) is 0 Å². The zero-order valence-corrected chi connectivity index (χ0v) is 9.24. The van der Waals surface area contributed by atoms with Crippen molar-refractivity contribution >= 4 is 11.6 Å². The second kappa shape index (κ2) is 6.42. The van der Waals surface area contributed by atoms with Gasteiger partial charge in [-0.05, 0) is 0 Å². The van der Waals surface area contributed by atoms with Gasteiger partial charge >= 0.3 is 0 Å². The highest BCUT2D eigenvalue weighted by Crippen LogP contribution is 1.98. The Hall–Kier alpha value is -1.07. The number of aromatic nitrogens is 2. The van der Waals surface area contributed by atoms with Gasteiger partial charge < -0.3 is 9.47 Å². The van der Waals surface area contributed by atoms with Crippen LogP contribution >= 0.6 is 11.6 Å². The summed E-state index contributed by atoms with van der Waals surface area (Å²) in [7, 11) is 1.50. The van der Waals surface area contributed by atoms with E-state index in [2.05, 4.69) is 5.10 Å². The first-order valence-electron chi connectivity index (χ1n) is 4.54. The zero-order valence-electron chi connectivity index (χ0n) is 8.48. The number of methoxy groups -OCH3 is 1. The summed E-state index contributed by atoms with van der Waals surface area (Å²) in [6, 6.07) is 2.94. The number of rotatable bonds is 6. The third kappa shape index (κ3) is 3.89. The minimum absolute atomic E-state index is 0.176. The molecule has 0 saturated carbocycles. The fourth-order valence-corrected chi connectivity index (χ4v) is 1.12. The SMILES string of the molecule is COc1ccc(=O)n(CCOCCCl)n1. The van der Waals surface area contributed by atoms with Gasteiger partial charge in [0.15, 0.2) is 0 Å². The number of ether oxygens (including phenoxy) is 2. The predicted octanol–water partition coefficient (Wildman–Crippen LogP) is 0.507. The molecular formula is C9H13ClN2O3. The lowest BCUT2D eigenvalue weighted by atomic mass is 10.5. The van der Waals surface area contributed by atoms with Crippen LogP contribution in [0.3, 0.4) is 0 Å². The normalized spacial score (nSPS) is 10.3. The lowest BCUT2D eigenvalue weighted by Gasteiger charge is -2.05. The molecule has 0 spiro atoms. The average molecular weight is 233 g/mol. The first-order chi connectivity index (χ1) is 7.27. The van der Waals surface area contributed by atoms with Gasteiger partial charge in [0.1, 0.15) is 0 Å². The molecule has 0 amide bonds. The molecule has 0 aliphatic rings. The van der Waals surface area contributed by atoms with Crippen LogP contribution in [0, 0.1) is 0 Å². The highest BCUT2D eigenvalue weighted by Gasteiger charge is 1.99. The molecule has 1 rings (SSSR count). The van der Waals surface area contributed by atoms with Gasteiger partial charge in [0.2, 0.25) is 5.88 Å². The second-order valence-electron chi connectivity index (χ2n) is 2.74. The molecule has 0 bridgehead atoms. The number of halogens is 1. The largest absolute Gasteiger partial charge is 0.480 e. The van der Waals surface area contributed by atoms with Crippen LogP contribution in [0.4, 0.5) is 0 Å². The molecule has 5 nitrogen and oxygen atoms in total. The van der Waals surface area contributed by atoms with Gasteiger partial charge in [0.05, 0.1) is 26.9 Å². The van der Waals surface area contributed by atoms with Crippen LogP contribution < -0.4 is 10.3 Å². The van der Waals surface area contributed by atoms with Crippen molar-refractivity contribution in [1.29, 1.82) is 0 Å². The van der Waals surface area contributed by atoms with E-state index in [1.165, 1.54) is 23.9 Å². The fourth-order valence-electron chi connectivity index (χ4n) is 1.01. The van der Waals surface area contributed by atoms with E-state index in [-0.39, 0.29) is 5.56 Å². The molecule has 0 aliphatic carbocycles. The first-order valence-corrected chi connectivity index (χ1v) is 5.07. The molecule has 0 aliphatic heterocycles. The van der Waals surface area contributed by atoms with Crippen LogP contribution in [0.25, 0.3) is 0 Å². The Bertz CT molecular complexity index is 353. The van der Waals surface area contributed by atoms with Gasteiger partial charge in [-0.25, -0.2) is 4.68 Å². The van der Waals surface area contributed by atoms with Crippen LogP contribution in [0.5, 0.6) is 5.88 Å². The average Bonchev–Trinajstić information content (AvgIpc) is 2.26. The lowest BCUT2D eigenvalue weighted by molar-refractivity contribution is 0.136. The number of nitrogens with zero attached hydrogens (tertiary/aromatic N) is 2. The molecular weight excluding hydrogens is 220 g/mol. The number of hydrogen-bond acceptors (Lipinski definition) is 4. The quantitative estimate of drug-likeness (QED) is 0.530. The lowest BCUT2D eigenvalue weighted by Crippen LogP contribution is -2.24. The molecule has 0 fully saturated rings. The smallest absolute Gasteiger partial charge is 0.267 e. The van der Waals surface area contributed by atoms with E-state index >= 15 is 0 Å². The predicted molar refractivity (Wildman–Crippen MR) is 56.6 cm³/mol. The van der Waals surface area contributed by atoms with Crippen LogP contribution in [0.15, 0.2) is 16.9 Å². The Morgan fingerprint density at radius 1 is 1.47 bits per heavy atom. The maximum Gasteiger partial charge on any atom is 0.267 e. The highest BCUT2D eigenvalue weighted by molar-refractivity contribution is 6.17. The maximum atomic E-state index is 11.3. The van der Waals surface area contributed by atoms with E-state index in [0.717, 1.165) is 0 Å². The molecule has 0 atom stereocenters. The van der Waals surface area contributed by atoms with Crippen molar-refractivity contribution in [3.63, 3.8) is 0 Å². The number of alkyl halides is 1. The monoisotopic (exact) mass is 232 g/mol. The topological polar surface area (TPSA) is 53.4 Å². The Balaban J connectivity index is 2.55. The summed E-state index contributed by atoms with van der Waals surface area (Å²) >= 11 is 5.43. The minimum Gasteiger partial charge on any atom is -0.480 e. The summed E-state index contributed by atoms with van der Waals surface area (Å²) in [6.45, 7) is 1.28. The van der Waals surface area contributed by atoms with Crippen molar-refractivity contribution in [3.8, 4) is 5.88 Å². The van der Waals surface area contributed by atoms with Gasteiger partial charge in [-0.3, -0.25) is 4.79 Å². The maximum absolute atomic E-state index is 11.3. The van der Waals surface area contributed by atoms with Crippen molar-refractivity contribution in [1.82, 2.24) is 9.78 Å². The fraction of sp³-hybridized carbons (Fsp3) is 0.556. The Morgan fingerprint density at radius 3 is 2.93 bits per heavy atom. The molecule has 1 aromatic heterocycles. The minimum atomic E-state index is -0.176. The van der Waals surface area contributed by atoms with Crippen molar-refractivity contribution in [3.05, 3.63) is 22.5 Å². The summed E-state index contributed by atoms with van der Waals surface area (Å²) in [6.07, 6.45) is 0. The zero-order chi connectivity index (χ0) is 11.1. The first kappa shape index (κ1) is 12.0. The molecule has 6 heteroatoms. The third-order valence-electron chi connectivity index (χ3n) is 1.72. The third-order valence-corrected chi connectivity index (χ3v) is 1.87. The van der Waals surface area contributed by atoms with E-state index in [1.807, 2.05) is 0 Å². The van der Waals surface area contributed by atoms with E-state index in [9.17, 15) is 4.79 Å². The summed E-state index contributed by atoms with van der Waals surface area (Å²) in [4.78, 5) is 11.3. The van der Waals surface area contributed by atoms with E-state index in [1.54, 1.807) is 0 Å². The van der Waals surface area contributed by atoms with Crippen LogP contribution in [0.1, 0.15) is 0 Å². The summed E-state index contributed by atoms with van der Waals surface area (Å²) < 4.78 is 11.3. The van der Waals surface area contributed by atoms with Gasteiger partial charge in [0.25, 0.3) is 5.56 Å². The Labute approximate surface area is 92.6 Å². The standard InChI is InChI=1S/C9H13ClN2O3/c1-14-8-2-3-9(13)12(11-8)5-7-15-6-4-10/h2-3H,4-7H2,1H3.